The van der Waals surface area contributed by atoms with Crippen LogP contribution in [0.4, 0.5) is 4.39 Å². The van der Waals surface area contributed by atoms with Crippen molar-refractivity contribution in [1.82, 2.24) is 0 Å². The Balaban J connectivity index is 2.47. The van der Waals surface area contributed by atoms with Crippen LogP contribution in [0.3, 0.4) is 0 Å². The molecule has 0 N–H and O–H groups in total. The van der Waals surface area contributed by atoms with Gasteiger partial charge in [0.05, 0.1) is 6.10 Å². The minimum atomic E-state index is -0.0881. The van der Waals surface area contributed by atoms with Gasteiger partial charge in [-0.1, -0.05) is 12.1 Å². The van der Waals surface area contributed by atoms with Crippen molar-refractivity contribution in [3.05, 3.63) is 35.1 Å². The highest BCUT2D eigenvalue weighted by Gasteiger charge is 2.17. The van der Waals surface area contributed by atoms with Gasteiger partial charge < -0.3 is 4.74 Å². The van der Waals surface area contributed by atoms with E-state index in [0.717, 1.165) is 30.6 Å². The highest BCUT2D eigenvalue weighted by atomic mass is 19.1. The van der Waals surface area contributed by atoms with E-state index in [0.29, 0.717) is 0 Å². The SMILES string of the molecule is C[C@@H]1OCCCc2c(F)cccc21. The lowest BCUT2D eigenvalue weighted by Gasteiger charge is -2.12. The van der Waals surface area contributed by atoms with Gasteiger partial charge in [-0.15, -0.1) is 0 Å². The lowest BCUT2D eigenvalue weighted by atomic mass is 10.00. The predicted octanol–water partition coefficient (Wildman–Crippen LogP) is 2.85. The molecule has 0 aliphatic carbocycles. The van der Waals surface area contributed by atoms with E-state index in [1.165, 1.54) is 6.07 Å². The number of halogens is 1. The van der Waals surface area contributed by atoms with Gasteiger partial charge in [0, 0.05) is 6.61 Å². The molecule has 2 heteroatoms. The normalized spacial score (nSPS) is 22.2. The van der Waals surface area contributed by atoms with Crippen LogP contribution in [0.15, 0.2) is 18.2 Å². The molecule has 1 heterocycles. The first-order valence-electron chi connectivity index (χ1n) is 4.68. The monoisotopic (exact) mass is 180 g/mol. The van der Waals surface area contributed by atoms with Gasteiger partial charge in [0.15, 0.2) is 0 Å². The zero-order valence-electron chi connectivity index (χ0n) is 7.72. The second-order valence-corrected chi connectivity index (χ2v) is 3.42. The molecule has 2 rings (SSSR count). The Hall–Kier alpha value is -0.890. The summed E-state index contributed by atoms with van der Waals surface area (Å²) < 4.78 is 18.9. The second-order valence-electron chi connectivity index (χ2n) is 3.42. The molecule has 0 fully saturated rings. The fourth-order valence-electron chi connectivity index (χ4n) is 1.82. The topological polar surface area (TPSA) is 9.23 Å². The molecule has 0 saturated heterocycles. The Bertz CT molecular complexity index is 309. The zero-order valence-corrected chi connectivity index (χ0v) is 7.72. The van der Waals surface area contributed by atoms with Crippen molar-refractivity contribution in [3.8, 4) is 0 Å². The lowest BCUT2D eigenvalue weighted by Crippen LogP contribution is -2.00. The zero-order chi connectivity index (χ0) is 9.26. The van der Waals surface area contributed by atoms with Crippen molar-refractivity contribution in [3.63, 3.8) is 0 Å². The summed E-state index contributed by atoms with van der Waals surface area (Å²) in [7, 11) is 0. The van der Waals surface area contributed by atoms with E-state index in [1.807, 2.05) is 13.0 Å². The fraction of sp³-hybridized carbons (Fsp3) is 0.455. The minimum Gasteiger partial charge on any atom is -0.374 e. The van der Waals surface area contributed by atoms with Crippen LogP contribution in [-0.4, -0.2) is 6.61 Å². The Morgan fingerprint density at radius 3 is 3.15 bits per heavy atom. The second kappa shape index (κ2) is 3.46. The average molecular weight is 180 g/mol. The van der Waals surface area contributed by atoms with Crippen LogP contribution in [0.5, 0.6) is 0 Å². The summed E-state index contributed by atoms with van der Waals surface area (Å²) in [6.07, 6.45) is 1.75. The van der Waals surface area contributed by atoms with Crippen molar-refractivity contribution in [2.45, 2.75) is 25.9 Å². The van der Waals surface area contributed by atoms with Gasteiger partial charge in [0.25, 0.3) is 0 Å². The van der Waals surface area contributed by atoms with Crippen LogP contribution in [0.25, 0.3) is 0 Å². The maximum absolute atomic E-state index is 13.4. The van der Waals surface area contributed by atoms with E-state index in [1.54, 1.807) is 6.07 Å². The molecule has 0 spiro atoms. The molecule has 1 aromatic rings. The number of fused-ring (bicyclic) bond motifs is 1. The Morgan fingerprint density at radius 2 is 2.31 bits per heavy atom. The number of hydrogen-bond acceptors (Lipinski definition) is 1. The van der Waals surface area contributed by atoms with Gasteiger partial charge in [0.2, 0.25) is 0 Å². The molecule has 0 aromatic heterocycles. The standard InChI is InChI=1S/C11H13FO/c1-8-9-4-2-6-11(12)10(9)5-3-7-13-8/h2,4,6,8H,3,5,7H2,1H3/t8-/m0/s1. The molecule has 0 unspecified atom stereocenters. The van der Waals surface area contributed by atoms with Crippen molar-refractivity contribution >= 4 is 0 Å². The molecule has 70 valence electrons. The molecular weight excluding hydrogens is 167 g/mol. The van der Waals surface area contributed by atoms with Gasteiger partial charge in [-0.2, -0.15) is 0 Å². The third-order valence-electron chi connectivity index (χ3n) is 2.53. The number of hydrogen-bond donors (Lipinski definition) is 0. The van der Waals surface area contributed by atoms with Crippen molar-refractivity contribution in [2.24, 2.45) is 0 Å². The molecule has 1 atom stereocenters. The van der Waals surface area contributed by atoms with E-state index < -0.39 is 0 Å². The molecule has 13 heavy (non-hydrogen) atoms. The first-order chi connectivity index (χ1) is 6.29. The molecule has 0 amide bonds. The summed E-state index contributed by atoms with van der Waals surface area (Å²) in [6.45, 7) is 2.71. The van der Waals surface area contributed by atoms with Crippen LogP contribution in [0.2, 0.25) is 0 Å². The molecular formula is C11H13FO. The molecule has 1 aliphatic heterocycles. The summed E-state index contributed by atoms with van der Waals surface area (Å²) in [5.74, 6) is -0.0881. The van der Waals surface area contributed by atoms with Gasteiger partial charge >= 0.3 is 0 Å². The molecule has 0 radical (unpaired) electrons. The van der Waals surface area contributed by atoms with Crippen molar-refractivity contribution in [1.29, 1.82) is 0 Å². The van der Waals surface area contributed by atoms with E-state index in [9.17, 15) is 4.39 Å². The Morgan fingerprint density at radius 1 is 1.46 bits per heavy atom. The van der Waals surface area contributed by atoms with Crippen molar-refractivity contribution < 1.29 is 9.13 Å². The number of benzene rings is 1. The number of rotatable bonds is 0. The maximum atomic E-state index is 13.4. The van der Waals surface area contributed by atoms with E-state index >= 15 is 0 Å². The summed E-state index contributed by atoms with van der Waals surface area (Å²) in [5, 5.41) is 0. The fourth-order valence-corrected chi connectivity index (χ4v) is 1.82. The smallest absolute Gasteiger partial charge is 0.126 e. The molecule has 0 saturated carbocycles. The van der Waals surface area contributed by atoms with Crippen LogP contribution in [0, 0.1) is 5.82 Å². The minimum absolute atomic E-state index is 0.0354. The van der Waals surface area contributed by atoms with E-state index in [2.05, 4.69) is 0 Å². The predicted molar refractivity (Wildman–Crippen MR) is 49.1 cm³/mol. The van der Waals surface area contributed by atoms with Crippen LogP contribution < -0.4 is 0 Å². The molecule has 1 aromatic carbocycles. The average Bonchev–Trinajstić information content (AvgIpc) is 2.30. The van der Waals surface area contributed by atoms with Gasteiger partial charge in [-0.3, -0.25) is 0 Å². The quantitative estimate of drug-likeness (QED) is 0.596. The summed E-state index contributed by atoms with van der Waals surface area (Å²) in [6, 6.07) is 5.23. The summed E-state index contributed by atoms with van der Waals surface area (Å²) in [5.41, 5.74) is 1.85. The van der Waals surface area contributed by atoms with Crippen LogP contribution >= 0.6 is 0 Å². The van der Waals surface area contributed by atoms with E-state index in [4.69, 9.17) is 4.74 Å². The molecule has 1 nitrogen and oxygen atoms in total. The lowest BCUT2D eigenvalue weighted by molar-refractivity contribution is 0.0698. The van der Waals surface area contributed by atoms with Gasteiger partial charge in [-0.25, -0.2) is 4.39 Å². The largest absolute Gasteiger partial charge is 0.374 e. The van der Waals surface area contributed by atoms with Crippen molar-refractivity contribution in [2.75, 3.05) is 6.61 Å². The van der Waals surface area contributed by atoms with E-state index in [-0.39, 0.29) is 11.9 Å². The highest BCUT2D eigenvalue weighted by molar-refractivity contribution is 5.31. The van der Waals surface area contributed by atoms with Gasteiger partial charge in [0.1, 0.15) is 5.82 Å². The third-order valence-corrected chi connectivity index (χ3v) is 2.53. The first-order valence-corrected chi connectivity index (χ1v) is 4.68. The van der Waals surface area contributed by atoms with Gasteiger partial charge in [-0.05, 0) is 37.0 Å². The summed E-state index contributed by atoms with van der Waals surface area (Å²) >= 11 is 0. The first kappa shape index (κ1) is 8.70. The Kier molecular flexibility index (Phi) is 2.32. The Labute approximate surface area is 77.5 Å². The van der Waals surface area contributed by atoms with Crippen LogP contribution in [-0.2, 0) is 11.2 Å². The molecule has 0 bridgehead atoms. The third kappa shape index (κ3) is 1.59. The highest BCUT2D eigenvalue weighted by Crippen LogP contribution is 2.27. The number of ether oxygens (including phenoxy) is 1. The molecule has 1 aliphatic rings. The van der Waals surface area contributed by atoms with Crippen LogP contribution in [0.1, 0.15) is 30.6 Å². The summed E-state index contributed by atoms with van der Waals surface area (Å²) in [4.78, 5) is 0. The maximum Gasteiger partial charge on any atom is 0.126 e.